The third kappa shape index (κ3) is 2.78. The second kappa shape index (κ2) is 5.29. The number of anilines is 2. The summed E-state index contributed by atoms with van der Waals surface area (Å²) in [7, 11) is 0. The van der Waals surface area contributed by atoms with E-state index in [0.29, 0.717) is 6.61 Å². The summed E-state index contributed by atoms with van der Waals surface area (Å²) >= 11 is 0. The Bertz CT molecular complexity index is 437. The van der Waals surface area contributed by atoms with E-state index in [4.69, 9.17) is 10.5 Å². The first kappa shape index (κ1) is 12.6. The Morgan fingerprint density at radius 3 is 2.58 bits per heavy atom. The van der Waals surface area contributed by atoms with Gasteiger partial charge in [0.25, 0.3) is 0 Å². The van der Waals surface area contributed by atoms with Gasteiger partial charge in [0.2, 0.25) is 0 Å². The molecule has 19 heavy (non-hydrogen) atoms. The van der Waals surface area contributed by atoms with Gasteiger partial charge in [-0.05, 0) is 31.9 Å². The van der Waals surface area contributed by atoms with Crippen LogP contribution in [0, 0.1) is 0 Å². The van der Waals surface area contributed by atoms with Gasteiger partial charge in [-0.25, -0.2) is 0 Å². The number of piperazine rings is 1. The molecule has 104 valence electrons. The molecule has 1 aromatic carbocycles. The molecule has 2 fully saturated rings. The number of rotatable bonds is 4. The zero-order valence-electron chi connectivity index (χ0n) is 11.6. The van der Waals surface area contributed by atoms with E-state index in [9.17, 15) is 0 Å². The Labute approximate surface area is 115 Å². The molecule has 0 amide bonds. The Morgan fingerprint density at radius 2 is 1.95 bits per heavy atom. The van der Waals surface area contributed by atoms with Crippen LogP contribution in [0.25, 0.3) is 0 Å². The number of hydrogen-bond donors (Lipinski definition) is 1. The van der Waals surface area contributed by atoms with Crippen molar-refractivity contribution in [2.24, 2.45) is 0 Å². The van der Waals surface area contributed by atoms with Crippen LogP contribution < -0.4 is 15.4 Å². The van der Waals surface area contributed by atoms with Crippen molar-refractivity contribution in [1.82, 2.24) is 4.90 Å². The number of ether oxygens (including phenoxy) is 1. The van der Waals surface area contributed by atoms with Gasteiger partial charge in [0, 0.05) is 44.0 Å². The maximum absolute atomic E-state index is 5.92. The zero-order valence-corrected chi connectivity index (χ0v) is 11.6. The predicted molar refractivity (Wildman–Crippen MR) is 78.8 cm³/mol. The molecule has 1 saturated heterocycles. The fraction of sp³-hybridized carbons (Fsp3) is 0.600. The van der Waals surface area contributed by atoms with E-state index in [-0.39, 0.29) is 0 Å². The Morgan fingerprint density at radius 1 is 1.21 bits per heavy atom. The summed E-state index contributed by atoms with van der Waals surface area (Å²) in [4.78, 5) is 5.05. The van der Waals surface area contributed by atoms with Gasteiger partial charge in [0.1, 0.15) is 5.75 Å². The van der Waals surface area contributed by atoms with Gasteiger partial charge < -0.3 is 15.4 Å². The molecule has 1 saturated carbocycles. The van der Waals surface area contributed by atoms with Crippen molar-refractivity contribution in [2.45, 2.75) is 25.8 Å². The van der Waals surface area contributed by atoms with Gasteiger partial charge in [0.05, 0.1) is 12.3 Å². The van der Waals surface area contributed by atoms with Crippen LogP contribution in [0.2, 0.25) is 0 Å². The molecule has 3 rings (SSSR count). The van der Waals surface area contributed by atoms with Crippen molar-refractivity contribution in [3.8, 4) is 5.75 Å². The lowest BCUT2D eigenvalue weighted by molar-refractivity contribution is 0.248. The van der Waals surface area contributed by atoms with E-state index in [1.54, 1.807) is 0 Å². The molecule has 0 aromatic heterocycles. The van der Waals surface area contributed by atoms with Crippen LogP contribution in [0.5, 0.6) is 5.75 Å². The largest absolute Gasteiger partial charge is 0.492 e. The lowest BCUT2D eigenvalue weighted by Crippen LogP contribution is -2.47. The van der Waals surface area contributed by atoms with Crippen LogP contribution in [0.4, 0.5) is 11.4 Å². The van der Waals surface area contributed by atoms with E-state index < -0.39 is 0 Å². The summed E-state index contributed by atoms with van der Waals surface area (Å²) < 4.78 is 5.58. The van der Waals surface area contributed by atoms with Crippen molar-refractivity contribution in [1.29, 1.82) is 0 Å². The minimum absolute atomic E-state index is 0.656. The molecule has 0 spiro atoms. The lowest BCUT2D eigenvalue weighted by atomic mass is 10.2. The van der Waals surface area contributed by atoms with Crippen molar-refractivity contribution < 1.29 is 4.74 Å². The first-order chi connectivity index (χ1) is 9.28. The predicted octanol–water partition coefficient (Wildman–Crippen LogP) is 1.95. The molecule has 2 N–H and O–H groups in total. The monoisotopic (exact) mass is 261 g/mol. The maximum Gasteiger partial charge on any atom is 0.144 e. The third-order valence-corrected chi connectivity index (χ3v) is 4.04. The highest BCUT2D eigenvalue weighted by atomic mass is 16.5. The topological polar surface area (TPSA) is 41.7 Å². The molecular weight excluding hydrogens is 238 g/mol. The van der Waals surface area contributed by atoms with Gasteiger partial charge in [-0.15, -0.1) is 0 Å². The summed E-state index contributed by atoms with van der Waals surface area (Å²) in [5, 5.41) is 0. The van der Waals surface area contributed by atoms with Gasteiger partial charge >= 0.3 is 0 Å². The summed E-state index contributed by atoms with van der Waals surface area (Å²) in [5.74, 6) is 0.810. The number of benzene rings is 1. The number of hydrogen-bond acceptors (Lipinski definition) is 4. The smallest absolute Gasteiger partial charge is 0.144 e. The Kier molecular flexibility index (Phi) is 3.51. The zero-order chi connectivity index (χ0) is 13.2. The van der Waals surface area contributed by atoms with Crippen LogP contribution in [0.1, 0.15) is 19.8 Å². The molecule has 1 aliphatic heterocycles. The van der Waals surface area contributed by atoms with E-state index >= 15 is 0 Å². The fourth-order valence-corrected chi connectivity index (χ4v) is 2.79. The van der Waals surface area contributed by atoms with Crippen molar-refractivity contribution in [3.05, 3.63) is 18.2 Å². The molecular formula is C15H23N3O. The Balaban J connectivity index is 1.66. The summed E-state index contributed by atoms with van der Waals surface area (Å²) in [5.41, 5.74) is 7.88. The molecule has 4 nitrogen and oxygen atoms in total. The second-order valence-corrected chi connectivity index (χ2v) is 5.41. The van der Waals surface area contributed by atoms with Crippen LogP contribution in [-0.2, 0) is 0 Å². The first-order valence-electron chi connectivity index (χ1n) is 7.29. The van der Waals surface area contributed by atoms with Crippen LogP contribution >= 0.6 is 0 Å². The molecule has 0 atom stereocenters. The number of nitrogens with zero attached hydrogens (tertiary/aromatic N) is 2. The van der Waals surface area contributed by atoms with Crippen molar-refractivity contribution >= 4 is 11.4 Å². The van der Waals surface area contributed by atoms with Crippen molar-refractivity contribution in [2.75, 3.05) is 43.4 Å². The normalized spacial score (nSPS) is 20.6. The van der Waals surface area contributed by atoms with E-state index in [2.05, 4.69) is 21.9 Å². The van der Waals surface area contributed by atoms with E-state index in [1.807, 2.05) is 13.0 Å². The molecule has 1 heterocycles. The molecule has 1 aromatic rings. The maximum atomic E-state index is 5.92. The highest BCUT2D eigenvalue weighted by molar-refractivity contribution is 5.62. The molecule has 0 bridgehead atoms. The van der Waals surface area contributed by atoms with Gasteiger partial charge in [-0.3, -0.25) is 4.90 Å². The van der Waals surface area contributed by atoms with Crippen LogP contribution in [-0.4, -0.2) is 43.7 Å². The minimum atomic E-state index is 0.656. The third-order valence-electron chi connectivity index (χ3n) is 4.04. The fourth-order valence-electron chi connectivity index (χ4n) is 2.79. The van der Waals surface area contributed by atoms with E-state index in [0.717, 1.165) is 30.6 Å². The average Bonchev–Trinajstić information content (AvgIpc) is 3.26. The first-order valence-corrected chi connectivity index (χ1v) is 7.29. The second-order valence-electron chi connectivity index (χ2n) is 5.41. The summed E-state index contributed by atoms with van der Waals surface area (Å²) in [6.07, 6.45) is 2.80. The van der Waals surface area contributed by atoms with Gasteiger partial charge in [0.15, 0.2) is 0 Å². The highest BCUT2D eigenvalue weighted by Gasteiger charge is 2.31. The molecule has 0 unspecified atom stereocenters. The van der Waals surface area contributed by atoms with E-state index in [1.165, 1.54) is 31.6 Å². The quantitative estimate of drug-likeness (QED) is 0.841. The minimum Gasteiger partial charge on any atom is -0.492 e. The van der Waals surface area contributed by atoms with Crippen LogP contribution in [0.3, 0.4) is 0 Å². The lowest BCUT2D eigenvalue weighted by Gasteiger charge is -2.36. The molecule has 2 aliphatic rings. The highest BCUT2D eigenvalue weighted by Crippen LogP contribution is 2.31. The van der Waals surface area contributed by atoms with Crippen molar-refractivity contribution in [3.63, 3.8) is 0 Å². The summed E-state index contributed by atoms with van der Waals surface area (Å²) in [6, 6.07) is 7.01. The molecule has 0 radical (unpaired) electrons. The van der Waals surface area contributed by atoms with Gasteiger partial charge in [-0.1, -0.05) is 0 Å². The summed E-state index contributed by atoms with van der Waals surface area (Å²) in [6.45, 7) is 7.21. The number of nitrogens with two attached hydrogens (primary N) is 1. The van der Waals surface area contributed by atoms with Crippen LogP contribution in [0.15, 0.2) is 18.2 Å². The molecule has 4 heteroatoms. The number of nitrogen functional groups attached to an aromatic ring is 1. The Hall–Kier alpha value is -1.42. The molecule has 1 aliphatic carbocycles. The SMILES string of the molecule is CCOc1cc(N2CCN(C3CC3)CC2)ccc1N. The standard InChI is InChI=1S/C15H23N3O/c1-2-19-15-11-13(5-6-14(15)16)18-9-7-17(8-10-18)12-3-4-12/h5-6,11-12H,2-4,7-10,16H2,1H3. The van der Waals surface area contributed by atoms with Gasteiger partial charge in [-0.2, -0.15) is 0 Å². The average molecular weight is 261 g/mol.